The predicted octanol–water partition coefficient (Wildman–Crippen LogP) is 1.89. The summed E-state index contributed by atoms with van der Waals surface area (Å²) in [6.45, 7) is 4.23. The first-order valence-corrected chi connectivity index (χ1v) is 6.04. The highest BCUT2D eigenvalue weighted by atomic mass is 35.5. The van der Waals surface area contributed by atoms with Crippen LogP contribution in [0.1, 0.15) is 5.56 Å². The first kappa shape index (κ1) is 12.6. The number of ether oxygens (including phenoxy) is 1. The van der Waals surface area contributed by atoms with Crippen LogP contribution in [0.25, 0.3) is 0 Å². The van der Waals surface area contributed by atoms with Crippen molar-refractivity contribution in [2.45, 2.75) is 6.54 Å². The van der Waals surface area contributed by atoms with E-state index in [0.717, 1.165) is 26.2 Å². The van der Waals surface area contributed by atoms with Gasteiger partial charge >= 0.3 is 0 Å². The summed E-state index contributed by atoms with van der Waals surface area (Å²) in [7, 11) is 1.55. The maximum atomic E-state index is 13.9. The van der Waals surface area contributed by atoms with Crippen LogP contribution in [0.4, 0.5) is 4.39 Å². The van der Waals surface area contributed by atoms with Gasteiger partial charge in [-0.2, -0.15) is 0 Å². The third kappa shape index (κ3) is 2.89. The van der Waals surface area contributed by atoms with E-state index in [1.54, 1.807) is 13.2 Å². The van der Waals surface area contributed by atoms with Crippen molar-refractivity contribution in [2.75, 3.05) is 33.3 Å². The zero-order valence-corrected chi connectivity index (χ0v) is 10.6. The van der Waals surface area contributed by atoms with Gasteiger partial charge in [0.25, 0.3) is 0 Å². The Labute approximate surface area is 106 Å². The summed E-state index contributed by atoms with van der Waals surface area (Å²) in [5.74, 6) is 0.190. The van der Waals surface area contributed by atoms with Crippen molar-refractivity contribution in [2.24, 2.45) is 0 Å². The Morgan fingerprint density at radius 3 is 2.76 bits per heavy atom. The molecule has 2 rings (SSSR count). The second kappa shape index (κ2) is 5.67. The minimum absolute atomic E-state index is 0.149. The standard InChI is InChI=1S/C12H16ClFN2O/c1-17-11-3-2-10(13)12(14)9(11)8-16-6-4-15-5-7-16/h2-3,15H,4-8H2,1H3. The van der Waals surface area contributed by atoms with Crippen LogP contribution < -0.4 is 10.1 Å². The molecule has 0 unspecified atom stereocenters. The molecular weight excluding hydrogens is 243 g/mol. The summed E-state index contributed by atoms with van der Waals surface area (Å²) in [5, 5.41) is 3.41. The Kier molecular flexibility index (Phi) is 4.20. The summed E-state index contributed by atoms with van der Waals surface area (Å²) in [5.41, 5.74) is 0.543. The minimum Gasteiger partial charge on any atom is -0.496 e. The average Bonchev–Trinajstić information content (AvgIpc) is 2.37. The molecule has 0 amide bonds. The van der Waals surface area contributed by atoms with Gasteiger partial charge in [-0.3, -0.25) is 4.90 Å². The lowest BCUT2D eigenvalue weighted by molar-refractivity contribution is 0.227. The maximum absolute atomic E-state index is 13.9. The first-order chi connectivity index (χ1) is 8.22. The second-order valence-corrected chi connectivity index (χ2v) is 4.48. The Morgan fingerprint density at radius 2 is 2.12 bits per heavy atom. The lowest BCUT2D eigenvalue weighted by Gasteiger charge is -2.28. The number of methoxy groups -OCH3 is 1. The van der Waals surface area contributed by atoms with E-state index in [4.69, 9.17) is 16.3 Å². The highest BCUT2D eigenvalue weighted by molar-refractivity contribution is 6.30. The molecule has 1 aliphatic heterocycles. The van der Waals surface area contributed by atoms with Crippen molar-refractivity contribution >= 4 is 11.6 Å². The molecule has 5 heteroatoms. The van der Waals surface area contributed by atoms with Crippen LogP contribution in [0.15, 0.2) is 12.1 Å². The monoisotopic (exact) mass is 258 g/mol. The first-order valence-electron chi connectivity index (χ1n) is 5.66. The van der Waals surface area contributed by atoms with Crippen molar-refractivity contribution in [1.82, 2.24) is 10.2 Å². The number of halogens is 2. The topological polar surface area (TPSA) is 24.5 Å². The number of rotatable bonds is 3. The van der Waals surface area contributed by atoms with Gasteiger partial charge < -0.3 is 10.1 Å². The molecule has 3 nitrogen and oxygen atoms in total. The average molecular weight is 259 g/mol. The van der Waals surface area contributed by atoms with E-state index in [-0.39, 0.29) is 10.8 Å². The largest absolute Gasteiger partial charge is 0.496 e. The van der Waals surface area contributed by atoms with E-state index >= 15 is 0 Å². The fourth-order valence-corrected chi connectivity index (χ4v) is 2.18. The van der Waals surface area contributed by atoms with E-state index in [2.05, 4.69) is 10.2 Å². The fraction of sp³-hybridized carbons (Fsp3) is 0.500. The Hall–Kier alpha value is -0.840. The SMILES string of the molecule is COc1ccc(Cl)c(F)c1CN1CCNCC1. The van der Waals surface area contributed by atoms with Gasteiger partial charge in [-0.1, -0.05) is 11.6 Å². The minimum atomic E-state index is -0.371. The van der Waals surface area contributed by atoms with Crippen LogP contribution in [0, 0.1) is 5.82 Å². The van der Waals surface area contributed by atoms with E-state index < -0.39 is 0 Å². The normalized spacial score (nSPS) is 17.1. The molecule has 0 spiro atoms. The van der Waals surface area contributed by atoms with Crippen molar-refractivity contribution in [3.63, 3.8) is 0 Å². The molecular formula is C12H16ClFN2O. The van der Waals surface area contributed by atoms with Crippen LogP contribution in [0.3, 0.4) is 0 Å². The van der Waals surface area contributed by atoms with Crippen molar-refractivity contribution in [1.29, 1.82) is 0 Å². The lowest BCUT2D eigenvalue weighted by atomic mass is 10.1. The van der Waals surface area contributed by atoms with Gasteiger partial charge in [0.1, 0.15) is 11.6 Å². The molecule has 0 atom stereocenters. The highest BCUT2D eigenvalue weighted by Gasteiger charge is 2.17. The summed E-state index contributed by atoms with van der Waals surface area (Å²) in [6, 6.07) is 3.24. The summed E-state index contributed by atoms with van der Waals surface area (Å²) >= 11 is 5.80. The summed E-state index contributed by atoms with van der Waals surface area (Å²) in [6.07, 6.45) is 0. The van der Waals surface area contributed by atoms with Crippen LogP contribution in [0.5, 0.6) is 5.75 Å². The Morgan fingerprint density at radius 1 is 1.41 bits per heavy atom. The predicted molar refractivity (Wildman–Crippen MR) is 66.1 cm³/mol. The molecule has 1 aliphatic rings. The van der Waals surface area contributed by atoms with Gasteiger partial charge in [-0.25, -0.2) is 4.39 Å². The number of nitrogens with one attached hydrogen (secondary N) is 1. The fourth-order valence-electron chi connectivity index (χ4n) is 2.01. The van der Waals surface area contributed by atoms with Crippen LogP contribution in [0.2, 0.25) is 5.02 Å². The number of benzene rings is 1. The van der Waals surface area contributed by atoms with E-state index in [0.29, 0.717) is 17.9 Å². The summed E-state index contributed by atoms with van der Waals surface area (Å²) < 4.78 is 19.1. The summed E-state index contributed by atoms with van der Waals surface area (Å²) in [4.78, 5) is 2.19. The molecule has 0 aromatic heterocycles. The lowest BCUT2D eigenvalue weighted by Crippen LogP contribution is -2.43. The van der Waals surface area contributed by atoms with Gasteiger partial charge in [0.05, 0.1) is 12.1 Å². The van der Waals surface area contributed by atoms with Crippen molar-refractivity contribution < 1.29 is 9.13 Å². The Balaban J connectivity index is 2.20. The third-order valence-electron chi connectivity index (χ3n) is 2.96. The van der Waals surface area contributed by atoms with Gasteiger partial charge in [-0.05, 0) is 12.1 Å². The van der Waals surface area contributed by atoms with Crippen molar-refractivity contribution in [3.05, 3.63) is 28.5 Å². The Bertz CT molecular complexity index is 394. The smallest absolute Gasteiger partial charge is 0.149 e. The molecule has 0 bridgehead atoms. The van der Waals surface area contributed by atoms with Gasteiger partial charge in [-0.15, -0.1) is 0 Å². The number of hydrogen-bond acceptors (Lipinski definition) is 3. The van der Waals surface area contributed by atoms with Crippen molar-refractivity contribution in [3.8, 4) is 5.75 Å². The van der Waals surface area contributed by atoms with Crippen LogP contribution in [-0.2, 0) is 6.54 Å². The molecule has 1 heterocycles. The van der Waals surface area contributed by atoms with Crippen LogP contribution in [-0.4, -0.2) is 38.2 Å². The molecule has 94 valence electrons. The molecule has 1 N–H and O–H groups in total. The second-order valence-electron chi connectivity index (χ2n) is 4.07. The van der Waals surface area contributed by atoms with E-state index in [9.17, 15) is 4.39 Å². The third-order valence-corrected chi connectivity index (χ3v) is 3.26. The van der Waals surface area contributed by atoms with E-state index in [1.807, 2.05) is 0 Å². The number of nitrogens with zero attached hydrogens (tertiary/aromatic N) is 1. The molecule has 0 aliphatic carbocycles. The van der Waals surface area contributed by atoms with E-state index in [1.165, 1.54) is 6.07 Å². The zero-order valence-electron chi connectivity index (χ0n) is 9.80. The van der Waals surface area contributed by atoms with Crippen LogP contribution >= 0.6 is 11.6 Å². The molecule has 0 radical (unpaired) electrons. The molecule has 1 aromatic rings. The maximum Gasteiger partial charge on any atom is 0.149 e. The quantitative estimate of drug-likeness (QED) is 0.896. The highest BCUT2D eigenvalue weighted by Crippen LogP contribution is 2.28. The van der Waals surface area contributed by atoms with Gasteiger partial charge in [0, 0.05) is 38.3 Å². The van der Waals surface area contributed by atoms with Gasteiger partial charge in [0.15, 0.2) is 0 Å². The van der Waals surface area contributed by atoms with Gasteiger partial charge in [0.2, 0.25) is 0 Å². The molecule has 1 fully saturated rings. The molecule has 1 saturated heterocycles. The number of hydrogen-bond donors (Lipinski definition) is 1. The molecule has 1 aromatic carbocycles. The molecule has 17 heavy (non-hydrogen) atoms. The molecule has 0 saturated carbocycles. The number of piperazine rings is 1. The zero-order chi connectivity index (χ0) is 12.3.